The Balaban J connectivity index is 4.43. The minimum Gasteiger partial charge on any atom is -0.462 e. The van der Waals surface area contributed by atoms with Crippen molar-refractivity contribution in [3.8, 4) is 0 Å². The van der Waals surface area contributed by atoms with Crippen molar-refractivity contribution in [1.29, 1.82) is 0 Å². The topological polar surface area (TPSA) is 78.9 Å². The third-order valence-electron chi connectivity index (χ3n) is 12.1. The Kier molecular flexibility index (Phi) is 53.9. The molecule has 6 heteroatoms. The van der Waals surface area contributed by atoms with Gasteiger partial charge < -0.3 is 14.2 Å². The summed E-state index contributed by atoms with van der Waals surface area (Å²) in [5.74, 6) is -1.00. The molecule has 0 amide bonds. The molecule has 0 aliphatic heterocycles. The molecule has 0 aliphatic carbocycles. The van der Waals surface area contributed by atoms with Crippen molar-refractivity contribution < 1.29 is 28.6 Å². The Morgan fingerprint density at radius 1 is 0.304 bits per heavy atom. The molecule has 0 bridgehead atoms. The van der Waals surface area contributed by atoms with Crippen LogP contribution in [0.1, 0.15) is 265 Å². The largest absolute Gasteiger partial charge is 0.462 e. The van der Waals surface area contributed by atoms with Gasteiger partial charge in [-0.25, -0.2) is 0 Å². The SMILES string of the molecule is CC/C=C\C/C=C\C/C=C\C/C=C\C/C=C\C/C=C\CCC(=O)OC[C@H](COC(=O)CCCCCCC/C=C\CCCC)OC(=O)CCCCCCCCCCCCC/C=C\CCCCCCCC. The van der Waals surface area contributed by atoms with Crippen molar-refractivity contribution in [3.63, 3.8) is 0 Å². The van der Waals surface area contributed by atoms with Gasteiger partial charge >= 0.3 is 17.9 Å². The molecule has 6 nitrogen and oxygen atoms in total. The van der Waals surface area contributed by atoms with Crippen molar-refractivity contribution in [2.45, 2.75) is 271 Å². The van der Waals surface area contributed by atoms with E-state index < -0.39 is 6.10 Å². The lowest BCUT2D eigenvalue weighted by Gasteiger charge is -2.18. The van der Waals surface area contributed by atoms with Crippen molar-refractivity contribution in [1.82, 2.24) is 0 Å². The fourth-order valence-corrected chi connectivity index (χ4v) is 7.74. The zero-order chi connectivity index (χ0) is 50.0. The van der Waals surface area contributed by atoms with Gasteiger partial charge in [-0.1, -0.05) is 240 Å². The molecule has 0 saturated heterocycles. The summed E-state index contributed by atoms with van der Waals surface area (Å²) in [7, 11) is 0. The van der Waals surface area contributed by atoms with Crippen LogP contribution in [0.3, 0.4) is 0 Å². The third-order valence-corrected chi connectivity index (χ3v) is 12.1. The van der Waals surface area contributed by atoms with E-state index in [0.717, 1.165) is 89.9 Å². The maximum atomic E-state index is 12.9. The second-order valence-corrected chi connectivity index (χ2v) is 18.8. The van der Waals surface area contributed by atoms with Crippen LogP contribution in [0, 0.1) is 0 Å². The summed E-state index contributed by atoms with van der Waals surface area (Å²) < 4.78 is 16.8. The third kappa shape index (κ3) is 55.1. The van der Waals surface area contributed by atoms with E-state index in [1.165, 1.54) is 128 Å². The fourth-order valence-electron chi connectivity index (χ4n) is 7.74. The monoisotopic (exact) mass is 959 g/mol. The van der Waals surface area contributed by atoms with E-state index in [-0.39, 0.29) is 37.5 Å². The van der Waals surface area contributed by atoms with Crippen LogP contribution >= 0.6 is 0 Å². The van der Waals surface area contributed by atoms with Gasteiger partial charge in [-0.05, 0) is 103 Å². The zero-order valence-corrected chi connectivity index (χ0v) is 45.0. The molecule has 69 heavy (non-hydrogen) atoms. The van der Waals surface area contributed by atoms with E-state index in [9.17, 15) is 14.4 Å². The summed E-state index contributed by atoms with van der Waals surface area (Å²) in [5, 5.41) is 0. The summed E-state index contributed by atoms with van der Waals surface area (Å²) in [6.07, 6.45) is 75.6. The molecule has 0 N–H and O–H groups in total. The van der Waals surface area contributed by atoms with Crippen LogP contribution in [0.4, 0.5) is 0 Å². The molecule has 0 spiro atoms. The average molecular weight is 960 g/mol. The maximum Gasteiger partial charge on any atom is 0.306 e. The molecule has 1 atom stereocenters. The quantitative estimate of drug-likeness (QED) is 0.0262. The van der Waals surface area contributed by atoms with Gasteiger partial charge in [0.05, 0.1) is 0 Å². The van der Waals surface area contributed by atoms with Crippen LogP contribution in [0.25, 0.3) is 0 Å². The van der Waals surface area contributed by atoms with Crippen LogP contribution in [0.2, 0.25) is 0 Å². The lowest BCUT2D eigenvalue weighted by atomic mass is 10.0. The number of ether oxygens (including phenoxy) is 3. The number of rotatable bonds is 51. The van der Waals surface area contributed by atoms with Crippen molar-refractivity contribution >= 4 is 17.9 Å². The highest BCUT2D eigenvalue weighted by atomic mass is 16.6. The molecule has 0 radical (unpaired) electrons. The van der Waals surface area contributed by atoms with Crippen molar-refractivity contribution in [3.05, 3.63) is 97.2 Å². The lowest BCUT2D eigenvalue weighted by Crippen LogP contribution is -2.30. The maximum absolute atomic E-state index is 12.9. The Morgan fingerprint density at radius 3 is 1.01 bits per heavy atom. The van der Waals surface area contributed by atoms with Crippen LogP contribution in [-0.4, -0.2) is 37.2 Å². The van der Waals surface area contributed by atoms with Gasteiger partial charge in [0.15, 0.2) is 6.10 Å². The van der Waals surface area contributed by atoms with Gasteiger partial charge in [0, 0.05) is 19.3 Å². The standard InChI is InChI=1S/C63H106O6/c1-4-7-10-13-16-19-22-24-26-28-30-31-33-35-37-39-42-45-48-51-54-57-63(66)69-60(58-67-61(64)55-52-49-46-43-40-21-18-15-12-9-6-3)59-68-62(65)56-53-50-47-44-41-38-36-34-32-29-27-25-23-20-17-14-11-8-5-2/h8,11,15,17-18,20,24-27,32,34,38,41,47,50,60H,4-7,9-10,12-14,16,19,21-23,28-31,33,35-37,39-40,42-46,48-49,51-59H2,1-3H3/b11-8-,18-15-,20-17-,26-24-,27-25-,34-32-,41-38-,50-47-/t60-/m0/s1. The number of hydrogen-bond donors (Lipinski definition) is 0. The molecule has 0 saturated carbocycles. The summed E-state index contributed by atoms with van der Waals surface area (Å²) in [6.45, 7) is 6.42. The number of hydrogen-bond acceptors (Lipinski definition) is 6. The van der Waals surface area contributed by atoms with Crippen LogP contribution in [0.15, 0.2) is 97.2 Å². The molecule has 0 aromatic carbocycles. The molecule has 0 aliphatic rings. The first kappa shape index (κ1) is 65.3. The van der Waals surface area contributed by atoms with Gasteiger partial charge in [-0.3, -0.25) is 14.4 Å². The van der Waals surface area contributed by atoms with Crippen LogP contribution in [-0.2, 0) is 28.6 Å². The summed E-state index contributed by atoms with van der Waals surface area (Å²) in [6, 6.07) is 0. The fraction of sp³-hybridized carbons (Fsp3) is 0.698. The Hall–Kier alpha value is -3.67. The highest BCUT2D eigenvalue weighted by molar-refractivity contribution is 5.71. The van der Waals surface area contributed by atoms with Crippen molar-refractivity contribution in [2.24, 2.45) is 0 Å². The molecule has 0 fully saturated rings. The van der Waals surface area contributed by atoms with E-state index in [1.807, 2.05) is 6.08 Å². The van der Waals surface area contributed by atoms with Gasteiger partial charge in [0.2, 0.25) is 0 Å². The van der Waals surface area contributed by atoms with E-state index in [1.54, 1.807) is 0 Å². The van der Waals surface area contributed by atoms with Gasteiger partial charge in [0.1, 0.15) is 13.2 Å². The first-order valence-electron chi connectivity index (χ1n) is 28.7. The van der Waals surface area contributed by atoms with Gasteiger partial charge in [0.25, 0.3) is 0 Å². The van der Waals surface area contributed by atoms with Gasteiger partial charge in [-0.15, -0.1) is 0 Å². The summed E-state index contributed by atoms with van der Waals surface area (Å²) in [4.78, 5) is 38.1. The van der Waals surface area contributed by atoms with Crippen LogP contribution in [0.5, 0.6) is 0 Å². The molecule has 0 unspecified atom stereocenters. The average Bonchev–Trinajstić information content (AvgIpc) is 3.35. The van der Waals surface area contributed by atoms with E-state index in [0.29, 0.717) is 19.3 Å². The number of carbonyl (C=O) groups excluding carboxylic acids is 3. The van der Waals surface area contributed by atoms with Crippen molar-refractivity contribution in [2.75, 3.05) is 13.2 Å². The Bertz CT molecular complexity index is 1380. The van der Waals surface area contributed by atoms with E-state index in [2.05, 4.69) is 112 Å². The minimum absolute atomic E-state index is 0.105. The lowest BCUT2D eigenvalue weighted by molar-refractivity contribution is -0.166. The normalized spacial score (nSPS) is 12.8. The first-order chi connectivity index (χ1) is 34.0. The number of esters is 3. The predicted octanol–water partition coefficient (Wildman–Crippen LogP) is 19.3. The highest BCUT2D eigenvalue weighted by Gasteiger charge is 2.19. The highest BCUT2D eigenvalue weighted by Crippen LogP contribution is 2.15. The summed E-state index contributed by atoms with van der Waals surface area (Å²) in [5.41, 5.74) is 0. The number of allylic oxidation sites excluding steroid dienone is 16. The molecule has 0 aromatic heterocycles. The van der Waals surface area contributed by atoms with Gasteiger partial charge in [-0.2, -0.15) is 0 Å². The van der Waals surface area contributed by atoms with Crippen LogP contribution < -0.4 is 0 Å². The minimum atomic E-state index is -0.812. The van der Waals surface area contributed by atoms with E-state index in [4.69, 9.17) is 14.2 Å². The summed E-state index contributed by atoms with van der Waals surface area (Å²) >= 11 is 0. The molecular formula is C63H106O6. The second-order valence-electron chi connectivity index (χ2n) is 18.8. The molecule has 394 valence electrons. The Morgan fingerprint density at radius 2 is 0.609 bits per heavy atom. The number of carbonyl (C=O) groups is 3. The predicted molar refractivity (Wildman–Crippen MR) is 297 cm³/mol. The molecule has 0 heterocycles. The smallest absolute Gasteiger partial charge is 0.306 e. The zero-order valence-electron chi connectivity index (χ0n) is 45.0. The molecular weight excluding hydrogens is 853 g/mol. The second kappa shape index (κ2) is 56.9. The first-order valence-corrected chi connectivity index (χ1v) is 28.7. The Labute approximate surface area is 426 Å². The number of unbranched alkanes of at least 4 members (excludes halogenated alkanes) is 24. The molecule has 0 aromatic rings. The molecule has 0 rings (SSSR count). The van der Waals surface area contributed by atoms with E-state index >= 15 is 0 Å².